The van der Waals surface area contributed by atoms with E-state index in [9.17, 15) is 35.1 Å². The molecular formula is C36H50O8. The van der Waals surface area contributed by atoms with Crippen molar-refractivity contribution in [3.63, 3.8) is 0 Å². The maximum Gasteiger partial charge on any atom is 0.331 e. The van der Waals surface area contributed by atoms with Crippen LogP contribution >= 0.6 is 0 Å². The summed E-state index contributed by atoms with van der Waals surface area (Å²) in [5.74, 6) is -1.75. The number of allylic oxidation sites excluding steroid dienone is 1. The van der Waals surface area contributed by atoms with Gasteiger partial charge in [0.2, 0.25) is 0 Å². The molecule has 242 valence electrons. The van der Waals surface area contributed by atoms with Crippen molar-refractivity contribution >= 4 is 17.8 Å². The Morgan fingerprint density at radius 2 is 1.77 bits per heavy atom. The first-order valence-corrected chi connectivity index (χ1v) is 16.2. The predicted molar refractivity (Wildman–Crippen MR) is 166 cm³/mol. The molecule has 1 aromatic rings. The predicted octanol–water partition coefficient (Wildman–Crippen LogP) is 4.12. The standard InChI is InChI=1S/C36H50O8/c1-32(2,41)16-15-30(39)35(5,42)29-14-18-36(43)24-19-26(37)25-20-28(44-31(40)12-11-22-9-7-6-8-10-22)27(38)21-33(25,3)23(24)13-17-34(29,36)4/h6-12,19,23,25,27-30,38-39,41-43H,13-18,20-21H2,1-5H3/b12-11+/t23-,25-,27-,28+,29-,30+,33+,34+,35+,36+/m0/s1. The molecule has 0 bridgehead atoms. The average molecular weight is 611 g/mol. The van der Waals surface area contributed by atoms with Crippen molar-refractivity contribution < 1.29 is 39.9 Å². The zero-order chi connectivity index (χ0) is 32.3. The summed E-state index contributed by atoms with van der Waals surface area (Å²) < 4.78 is 5.66. The Bertz CT molecular complexity index is 1310. The summed E-state index contributed by atoms with van der Waals surface area (Å²) in [7, 11) is 0. The summed E-state index contributed by atoms with van der Waals surface area (Å²) in [6.45, 7) is 8.94. The van der Waals surface area contributed by atoms with Gasteiger partial charge in [-0.25, -0.2) is 4.79 Å². The monoisotopic (exact) mass is 610 g/mol. The van der Waals surface area contributed by atoms with Crippen LogP contribution in [0.2, 0.25) is 0 Å². The summed E-state index contributed by atoms with van der Waals surface area (Å²) in [5, 5.41) is 56.7. The molecule has 5 N–H and O–H groups in total. The van der Waals surface area contributed by atoms with Gasteiger partial charge in [-0.3, -0.25) is 4.79 Å². The van der Waals surface area contributed by atoms with Gasteiger partial charge >= 0.3 is 5.97 Å². The molecule has 0 radical (unpaired) electrons. The van der Waals surface area contributed by atoms with E-state index in [1.54, 1.807) is 32.9 Å². The summed E-state index contributed by atoms with van der Waals surface area (Å²) >= 11 is 0. The summed E-state index contributed by atoms with van der Waals surface area (Å²) in [5.41, 5.74) is -3.72. The molecule has 0 aliphatic heterocycles. The van der Waals surface area contributed by atoms with Crippen LogP contribution in [0.15, 0.2) is 48.1 Å². The molecule has 8 heteroatoms. The third-order valence-electron chi connectivity index (χ3n) is 12.0. The van der Waals surface area contributed by atoms with Crippen LogP contribution < -0.4 is 0 Å². The lowest BCUT2D eigenvalue weighted by Gasteiger charge is -2.60. The van der Waals surface area contributed by atoms with E-state index in [0.717, 1.165) is 5.56 Å². The molecule has 8 nitrogen and oxygen atoms in total. The molecule has 3 fully saturated rings. The van der Waals surface area contributed by atoms with Gasteiger partial charge in [0.25, 0.3) is 0 Å². The first-order valence-electron chi connectivity index (χ1n) is 16.2. The number of rotatable bonds is 8. The Labute approximate surface area is 260 Å². The molecule has 0 heterocycles. The Morgan fingerprint density at radius 1 is 1.09 bits per heavy atom. The van der Waals surface area contributed by atoms with Gasteiger partial charge in [0.05, 0.1) is 29.0 Å². The van der Waals surface area contributed by atoms with E-state index in [1.165, 1.54) is 6.08 Å². The highest BCUT2D eigenvalue weighted by molar-refractivity contribution is 5.95. The van der Waals surface area contributed by atoms with Gasteiger partial charge in [-0.15, -0.1) is 0 Å². The smallest absolute Gasteiger partial charge is 0.331 e. The van der Waals surface area contributed by atoms with Crippen molar-refractivity contribution in [3.8, 4) is 0 Å². The van der Waals surface area contributed by atoms with Gasteiger partial charge in [0.1, 0.15) is 6.10 Å². The third-order valence-corrected chi connectivity index (χ3v) is 12.0. The molecule has 0 saturated heterocycles. The van der Waals surface area contributed by atoms with Crippen molar-refractivity contribution in [2.75, 3.05) is 0 Å². The largest absolute Gasteiger partial charge is 0.456 e. The SMILES string of the molecule is CC(C)(O)CC[C@@H](O)[C@](C)(O)[C@H]1CC[C@@]2(O)C3=CC(=O)[C@@H]4C[C@@H](OC(=O)/C=C/c5ccccc5)[C@@H](O)C[C@]4(C)[C@H]3CC[C@]12C. The van der Waals surface area contributed by atoms with Crippen molar-refractivity contribution in [1.82, 2.24) is 0 Å². The molecule has 5 rings (SSSR count). The molecule has 0 aromatic heterocycles. The van der Waals surface area contributed by atoms with E-state index < -0.39 is 63.8 Å². The van der Waals surface area contributed by atoms with Crippen LogP contribution in [0.4, 0.5) is 0 Å². The van der Waals surface area contributed by atoms with E-state index in [2.05, 4.69) is 0 Å². The minimum absolute atomic E-state index is 0.135. The number of carbonyl (C=O) groups is 2. The first-order chi connectivity index (χ1) is 20.4. The highest BCUT2D eigenvalue weighted by Gasteiger charge is 2.69. The number of benzene rings is 1. The van der Waals surface area contributed by atoms with Crippen molar-refractivity contribution in [2.24, 2.45) is 28.6 Å². The Morgan fingerprint density at radius 3 is 2.43 bits per heavy atom. The number of ketones is 1. The van der Waals surface area contributed by atoms with Crippen molar-refractivity contribution in [2.45, 2.75) is 121 Å². The first kappa shape index (κ1) is 33.0. The third kappa shape index (κ3) is 5.62. The number of aliphatic hydroxyl groups excluding tert-OH is 2. The second-order valence-corrected chi connectivity index (χ2v) is 15.3. The molecule has 1 aromatic carbocycles. The van der Waals surface area contributed by atoms with E-state index in [1.807, 2.05) is 44.2 Å². The quantitative estimate of drug-likeness (QED) is 0.218. The van der Waals surface area contributed by atoms with Gasteiger partial charge in [-0.05, 0) is 113 Å². The number of carbonyl (C=O) groups excluding carboxylic acids is 2. The van der Waals surface area contributed by atoms with E-state index >= 15 is 0 Å². The summed E-state index contributed by atoms with van der Waals surface area (Å²) in [4.78, 5) is 26.4. The lowest BCUT2D eigenvalue weighted by atomic mass is 9.45. The maximum atomic E-state index is 13.8. The number of esters is 1. The number of ether oxygens (including phenoxy) is 1. The minimum Gasteiger partial charge on any atom is -0.456 e. The average Bonchev–Trinajstić information content (AvgIpc) is 3.23. The highest BCUT2D eigenvalue weighted by Crippen LogP contribution is 2.68. The van der Waals surface area contributed by atoms with Crippen LogP contribution in [0.5, 0.6) is 0 Å². The van der Waals surface area contributed by atoms with E-state index in [-0.39, 0.29) is 31.0 Å². The zero-order valence-electron chi connectivity index (χ0n) is 26.7. The molecule has 0 unspecified atom stereocenters. The van der Waals surface area contributed by atoms with Crippen molar-refractivity contribution in [1.29, 1.82) is 0 Å². The molecule has 10 atom stereocenters. The number of hydrogen-bond acceptors (Lipinski definition) is 8. The fraction of sp³-hybridized carbons (Fsp3) is 0.667. The molecule has 0 amide bonds. The van der Waals surface area contributed by atoms with Gasteiger partial charge in [0.15, 0.2) is 5.78 Å². The lowest BCUT2D eigenvalue weighted by molar-refractivity contribution is -0.181. The van der Waals surface area contributed by atoms with Gasteiger partial charge in [-0.1, -0.05) is 44.2 Å². The van der Waals surface area contributed by atoms with Gasteiger partial charge in [-0.2, -0.15) is 0 Å². The normalized spacial score (nSPS) is 39.1. The Balaban J connectivity index is 1.35. The van der Waals surface area contributed by atoms with Crippen LogP contribution in [0.3, 0.4) is 0 Å². The lowest BCUT2D eigenvalue weighted by Crippen LogP contribution is -2.63. The molecule has 3 saturated carbocycles. The molecule has 0 spiro atoms. The second-order valence-electron chi connectivity index (χ2n) is 15.3. The van der Waals surface area contributed by atoms with E-state index in [0.29, 0.717) is 37.7 Å². The van der Waals surface area contributed by atoms with Gasteiger partial charge < -0.3 is 30.3 Å². The number of fused-ring (bicyclic) bond motifs is 5. The molecule has 4 aliphatic rings. The Hall–Kier alpha value is -2.36. The van der Waals surface area contributed by atoms with Crippen LogP contribution in [0.25, 0.3) is 6.08 Å². The fourth-order valence-electron chi connectivity index (χ4n) is 9.35. The van der Waals surface area contributed by atoms with Crippen LogP contribution in [0, 0.1) is 28.6 Å². The highest BCUT2D eigenvalue weighted by atomic mass is 16.6. The molecular weight excluding hydrogens is 560 g/mol. The second kappa shape index (κ2) is 11.5. The molecule has 4 aliphatic carbocycles. The maximum absolute atomic E-state index is 13.8. The van der Waals surface area contributed by atoms with Crippen LogP contribution in [0.1, 0.15) is 91.5 Å². The molecule has 44 heavy (non-hydrogen) atoms. The van der Waals surface area contributed by atoms with Gasteiger partial charge in [0, 0.05) is 17.4 Å². The van der Waals surface area contributed by atoms with Crippen LogP contribution in [-0.2, 0) is 14.3 Å². The fourth-order valence-corrected chi connectivity index (χ4v) is 9.35. The number of hydrogen-bond donors (Lipinski definition) is 5. The van der Waals surface area contributed by atoms with E-state index in [4.69, 9.17) is 4.74 Å². The van der Waals surface area contributed by atoms with Crippen molar-refractivity contribution in [3.05, 3.63) is 53.6 Å². The zero-order valence-corrected chi connectivity index (χ0v) is 26.7. The Kier molecular flexibility index (Phi) is 8.60. The number of aliphatic hydroxyl groups is 5. The van der Waals surface area contributed by atoms with Crippen LogP contribution in [-0.4, -0.2) is 72.4 Å². The summed E-state index contributed by atoms with van der Waals surface area (Å²) in [6, 6.07) is 9.36. The summed E-state index contributed by atoms with van der Waals surface area (Å²) in [6.07, 6.45) is 4.82. The minimum atomic E-state index is -1.50. The topological polar surface area (TPSA) is 145 Å².